The topological polar surface area (TPSA) is 209 Å². The molecule has 0 saturated heterocycles. The largest absolute Gasteiger partial charge is 0.326 e. The van der Waals surface area contributed by atoms with Crippen LogP contribution in [0.1, 0.15) is 26.7 Å². The lowest BCUT2D eigenvalue weighted by molar-refractivity contribution is -0.126. The van der Waals surface area contributed by atoms with Gasteiger partial charge >= 0.3 is 0 Å². The molecule has 14 nitrogen and oxygen atoms in total. The van der Waals surface area contributed by atoms with Crippen molar-refractivity contribution >= 4 is 55.1 Å². The Labute approximate surface area is 207 Å². The Morgan fingerprint density at radius 2 is 0.889 bits per heavy atom. The first-order valence-corrected chi connectivity index (χ1v) is 13.1. The van der Waals surface area contributed by atoms with E-state index in [1.807, 2.05) is 20.5 Å². The lowest BCUT2D eigenvalue weighted by Crippen LogP contribution is -2.43. The molecule has 0 bridgehead atoms. The van der Waals surface area contributed by atoms with E-state index < -0.39 is 44.7 Å². The summed E-state index contributed by atoms with van der Waals surface area (Å²) in [5.41, 5.74) is 4.66. The smallest absolute Gasteiger partial charge is 0.257 e. The van der Waals surface area contributed by atoms with Crippen molar-refractivity contribution in [3.05, 3.63) is 48.5 Å². The van der Waals surface area contributed by atoms with Crippen LogP contribution in [0.5, 0.6) is 0 Å². The quantitative estimate of drug-likeness (QED) is 0.208. The Balaban J connectivity index is 1.79. The number of hydrogen-bond acceptors (Lipinski definition) is 8. The van der Waals surface area contributed by atoms with Crippen LogP contribution in [-0.4, -0.2) is 40.5 Å². The molecular weight excluding hydrogens is 516 g/mol. The van der Waals surface area contributed by atoms with E-state index in [-0.39, 0.29) is 21.6 Å². The maximum Gasteiger partial charge on any atom is 0.257 e. The second kappa shape index (κ2) is 12.2. The molecule has 0 radical (unpaired) electrons. The molecule has 0 aliphatic heterocycles. The van der Waals surface area contributed by atoms with Crippen LogP contribution in [0.2, 0.25) is 0 Å². The van der Waals surface area contributed by atoms with Crippen LogP contribution in [0.15, 0.2) is 58.3 Å². The standard InChI is InChI=1S/C20H24N6O8S2/c1-13(27)21-15-3-7-17(8-4-15)35(31,32)25-23-19(29)11-12-20(30)24-26-36(33,34)18-9-5-16(6-10-18)22-14(2)28/h3-10,25-26H,11-12H2,1-2H3,(H,21,27)(H,22,28)(H,23,29)(H,24,30). The summed E-state index contributed by atoms with van der Waals surface area (Å²) in [5.74, 6) is -2.35. The summed E-state index contributed by atoms with van der Waals surface area (Å²) < 4.78 is 49.0. The first kappa shape index (κ1) is 28.4. The Morgan fingerprint density at radius 1 is 0.583 bits per heavy atom. The predicted molar refractivity (Wildman–Crippen MR) is 128 cm³/mol. The van der Waals surface area contributed by atoms with Crippen molar-refractivity contribution < 1.29 is 36.0 Å². The molecule has 2 aromatic carbocycles. The highest BCUT2D eigenvalue weighted by Crippen LogP contribution is 2.14. The summed E-state index contributed by atoms with van der Waals surface area (Å²) >= 11 is 0. The predicted octanol–water partition coefficient (Wildman–Crippen LogP) is -0.297. The van der Waals surface area contributed by atoms with E-state index in [1.54, 1.807) is 0 Å². The average molecular weight is 541 g/mol. The fraction of sp³-hybridized carbons (Fsp3) is 0.200. The van der Waals surface area contributed by atoms with Gasteiger partial charge in [-0.05, 0) is 48.5 Å². The highest BCUT2D eigenvalue weighted by Gasteiger charge is 2.18. The summed E-state index contributed by atoms with van der Waals surface area (Å²) in [6, 6.07) is 10.3. The number of sulfonamides is 2. The minimum absolute atomic E-state index is 0.186. The van der Waals surface area contributed by atoms with Crippen molar-refractivity contribution in [3.8, 4) is 0 Å². The Morgan fingerprint density at radius 3 is 1.17 bits per heavy atom. The van der Waals surface area contributed by atoms with Crippen LogP contribution in [-0.2, 0) is 39.2 Å². The summed E-state index contributed by atoms with van der Waals surface area (Å²) in [6.07, 6.45) is -0.911. The zero-order valence-corrected chi connectivity index (χ0v) is 20.7. The molecule has 4 amide bonds. The maximum atomic E-state index is 12.2. The third kappa shape index (κ3) is 9.06. The highest BCUT2D eigenvalue weighted by atomic mass is 32.2. The van der Waals surface area contributed by atoms with Gasteiger partial charge in [0.25, 0.3) is 20.0 Å². The van der Waals surface area contributed by atoms with E-state index in [0.717, 1.165) is 0 Å². The fourth-order valence-corrected chi connectivity index (χ4v) is 4.28. The molecule has 0 aliphatic rings. The summed E-state index contributed by atoms with van der Waals surface area (Å²) in [6.45, 7) is 2.60. The number of anilines is 2. The van der Waals surface area contributed by atoms with Gasteiger partial charge in [0.1, 0.15) is 0 Å². The van der Waals surface area contributed by atoms with Crippen molar-refractivity contribution in [1.82, 2.24) is 20.5 Å². The molecule has 0 heterocycles. The van der Waals surface area contributed by atoms with Crippen LogP contribution in [0, 0.1) is 0 Å². The van der Waals surface area contributed by atoms with Gasteiger partial charge in [-0.2, -0.15) is 0 Å². The van der Waals surface area contributed by atoms with Crippen molar-refractivity contribution in [2.24, 2.45) is 0 Å². The maximum absolute atomic E-state index is 12.2. The van der Waals surface area contributed by atoms with Crippen LogP contribution in [0.25, 0.3) is 0 Å². The normalized spacial score (nSPS) is 11.3. The molecule has 0 fully saturated rings. The molecule has 0 aliphatic carbocycles. The van der Waals surface area contributed by atoms with Crippen LogP contribution < -0.4 is 31.1 Å². The number of benzene rings is 2. The molecule has 0 aromatic heterocycles. The second-order valence-corrected chi connectivity index (χ2v) is 10.6. The third-order valence-corrected chi connectivity index (χ3v) is 6.73. The van der Waals surface area contributed by atoms with Crippen molar-refractivity contribution in [3.63, 3.8) is 0 Å². The van der Waals surface area contributed by atoms with Crippen LogP contribution in [0.3, 0.4) is 0 Å². The minimum atomic E-state index is -4.12. The lowest BCUT2D eigenvalue weighted by Gasteiger charge is -2.10. The molecule has 36 heavy (non-hydrogen) atoms. The van der Waals surface area contributed by atoms with Gasteiger partial charge in [-0.25, -0.2) is 16.8 Å². The molecular formula is C20H24N6O8S2. The van der Waals surface area contributed by atoms with Crippen LogP contribution in [0.4, 0.5) is 11.4 Å². The molecule has 2 aromatic rings. The first-order chi connectivity index (χ1) is 16.8. The van der Waals surface area contributed by atoms with Gasteiger partial charge in [0.2, 0.25) is 23.6 Å². The third-order valence-electron chi connectivity index (χ3n) is 4.20. The van der Waals surface area contributed by atoms with E-state index in [0.29, 0.717) is 11.4 Å². The SMILES string of the molecule is CC(=O)Nc1ccc(S(=O)(=O)NNC(=O)CCC(=O)NNS(=O)(=O)c2ccc(NC(C)=O)cc2)cc1. The molecule has 2 rings (SSSR count). The van der Waals surface area contributed by atoms with Crippen LogP contribution >= 0.6 is 0 Å². The van der Waals surface area contributed by atoms with Crippen molar-refractivity contribution in [2.45, 2.75) is 36.5 Å². The number of amides is 4. The lowest BCUT2D eigenvalue weighted by atomic mass is 10.3. The number of hydrogen-bond donors (Lipinski definition) is 6. The van der Waals surface area contributed by atoms with Crippen molar-refractivity contribution in [2.75, 3.05) is 10.6 Å². The van der Waals surface area contributed by atoms with E-state index in [9.17, 15) is 36.0 Å². The van der Waals surface area contributed by atoms with E-state index in [1.165, 1.54) is 62.4 Å². The fourth-order valence-electron chi connectivity index (χ4n) is 2.56. The molecule has 194 valence electrons. The van der Waals surface area contributed by atoms with E-state index in [2.05, 4.69) is 10.6 Å². The number of nitrogens with one attached hydrogen (secondary N) is 6. The van der Waals surface area contributed by atoms with Gasteiger partial charge in [-0.3, -0.25) is 30.0 Å². The van der Waals surface area contributed by atoms with Gasteiger partial charge in [-0.1, -0.05) is 0 Å². The Bertz CT molecular complexity index is 1240. The van der Waals surface area contributed by atoms with E-state index in [4.69, 9.17) is 0 Å². The molecule has 6 N–H and O–H groups in total. The Hall–Kier alpha value is -3.86. The second-order valence-electron chi connectivity index (χ2n) is 7.22. The number of rotatable bonds is 11. The first-order valence-electron chi connectivity index (χ1n) is 10.1. The van der Waals surface area contributed by atoms with E-state index >= 15 is 0 Å². The highest BCUT2D eigenvalue weighted by molar-refractivity contribution is 7.89. The average Bonchev–Trinajstić information content (AvgIpc) is 2.80. The summed E-state index contributed by atoms with van der Waals surface area (Å²) in [5, 5.41) is 4.96. The zero-order valence-electron chi connectivity index (χ0n) is 19.1. The van der Waals surface area contributed by atoms with Gasteiger partial charge in [-0.15, -0.1) is 9.66 Å². The number of carbonyl (C=O) groups is 4. The number of carbonyl (C=O) groups excluding carboxylic acids is 4. The summed E-state index contributed by atoms with van der Waals surface area (Å²) in [4.78, 5) is 49.2. The summed E-state index contributed by atoms with van der Waals surface area (Å²) in [7, 11) is -8.24. The Kier molecular flexibility index (Phi) is 9.62. The molecule has 0 saturated carbocycles. The van der Waals surface area contributed by atoms with Gasteiger partial charge in [0, 0.05) is 38.1 Å². The monoisotopic (exact) mass is 540 g/mol. The minimum Gasteiger partial charge on any atom is -0.326 e. The molecule has 0 atom stereocenters. The van der Waals surface area contributed by atoms with Gasteiger partial charge < -0.3 is 10.6 Å². The number of hydrazine groups is 2. The molecule has 0 unspecified atom stereocenters. The van der Waals surface area contributed by atoms with Gasteiger partial charge in [0.15, 0.2) is 0 Å². The van der Waals surface area contributed by atoms with Crippen molar-refractivity contribution in [1.29, 1.82) is 0 Å². The zero-order chi connectivity index (χ0) is 26.9. The molecule has 0 spiro atoms. The molecule has 16 heteroatoms. The van der Waals surface area contributed by atoms with Gasteiger partial charge in [0.05, 0.1) is 9.79 Å².